The molecule has 1 heterocycles. The van der Waals surface area contributed by atoms with Gasteiger partial charge in [0.15, 0.2) is 0 Å². The van der Waals surface area contributed by atoms with Crippen LogP contribution in [0.3, 0.4) is 0 Å². The number of aryl methyl sites for hydroxylation is 1. The van der Waals surface area contributed by atoms with Crippen molar-refractivity contribution >= 4 is 10.0 Å². The fourth-order valence-corrected chi connectivity index (χ4v) is 4.79. The summed E-state index contributed by atoms with van der Waals surface area (Å²) in [5.74, 6) is 2.26. The van der Waals surface area contributed by atoms with Crippen molar-refractivity contribution in [1.29, 1.82) is 0 Å². The third kappa shape index (κ3) is 5.52. The fraction of sp³-hybridized carbons (Fsp3) is 0.478. The zero-order valence-corrected chi connectivity index (χ0v) is 17.7. The molecule has 29 heavy (non-hydrogen) atoms. The lowest BCUT2D eigenvalue weighted by Crippen LogP contribution is -2.32. The van der Waals surface area contributed by atoms with Crippen LogP contribution in [0.4, 0.5) is 0 Å². The van der Waals surface area contributed by atoms with Crippen LogP contribution in [0.2, 0.25) is 0 Å². The first kappa shape index (κ1) is 20.2. The van der Waals surface area contributed by atoms with Gasteiger partial charge < -0.3 is 9.47 Å². The SMILES string of the molecule is CS(=O)(=O)NCC1CCC(Oc2ccc3c(c2)CCC(c2ccccc2)O3)CC1. The van der Waals surface area contributed by atoms with Gasteiger partial charge in [0.05, 0.1) is 12.4 Å². The molecule has 5 nitrogen and oxygen atoms in total. The summed E-state index contributed by atoms with van der Waals surface area (Å²) in [6.07, 6.45) is 7.37. The highest BCUT2D eigenvalue weighted by Gasteiger charge is 2.25. The third-order valence-electron chi connectivity index (χ3n) is 5.88. The van der Waals surface area contributed by atoms with Crippen molar-refractivity contribution in [2.24, 2.45) is 5.92 Å². The molecule has 0 amide bonds. The van der Waals surface area contributed by atoms with Crippen LogP contribution >= 0.6 is 0 Å². The number of sulfonamides is 1. The van der Waals surface area contributed by atoms with E-state index in [0.717, 1.165) is 50.0 Å². The van der Waals surface area contributed by atoms with Crippen LogP contribution in [0.1, 0.15) is 49.3 Å². The lowest BCUT2D eigenvalue weighted by atomic mass is 9.87. The van der Waals surface area contributed by atoms with Crippen molar-refractivity contribution in [1.82, 2.24) is 4.72 Å². The Morgan fingerprint density at radius 2 is 1.79 bits per heavy atom. The van der Waals surface area contributed by atoms with E-state index in [1.807, 2.05) is 18.2 Å². The van der Waals surface area contributed by atoms with Gasteiger partial charge in [-0.2, -0.15) is 0 Å². The monoisotopic (exact) mass is 415 g/mol. The van der Waals surface area contributed by atoms with Crippen molar-refractivity contribution in [2.75, 3.05) is 12.8 Å². The molecular weight excluding hydrogens is 386 g/mol. The van der Waals surface area contributed by atoms with Crippen LogP contribution in [0, 0.1) is 5.92 Å². The Balaban J connectivity index is 1.30. The predicted octanol–water partition coefficient (Wildman–Crippen LogP) is 4.24. The summed E-state index contributed by atoms with van der Waals surface area (Å²) >= 11 is 0. The molecular formula is C23H29NO4S. The van der Waals surface area contributed by atoms with Gasteiger partial charge in [0, 0.05) is 6.54 Å². The van der Waals surface area contributed by atoms with Crippen molar-refractivity contribution in [2.45, 2.75) is 50.7 Å². The highest BCUT2D eigenvalue weighted by atomic mass is 32.2. The first-order chi connectivity index (χ1) is 14.0. The summed E-state index contributed by atoms with van der Waals surface area (Å²) in [5.41, 5.74) is 2.43. The number of rotatable bonds is 6. The number of ether oxygens (including phenoxy) is 2. The number of benzene rings is 2. The van der Waals surface area contributed by atoms with Crippen molar-refractivity contribution in [3.63, 3.8) is 0 Å². The van der Waals surface area contributed by atoms with Crippen LogP contribution < -0.4 is 14.2 Å². The van der Waals surface area contributed by atoms with Crippen LogP contribution in [0.5, 0.6) is 11.5 Å². The Bertz CT molecular complexity index is 921. The molecule has 2 aromatic rings. The van der Waals surface area contributed by atoms with Gasteiger partial charge in [-0.25, -0.2) is 13.1 Å². The summed E-state index contributed by atoms with van der Waals surface area (Å²) in [4.78, 5) is 0. The molecule has 1 saturated carbocycles. The third-order valence-corrected chi connectivity index (χ3v) is 6.57. The number of hydrogen-bond acceptors (Lipinski definition) is 4. The Hall–Kier alpha value is -2.05. The van der Waals surface area contributed by atoms with Gasteiger partial charge in [-0.1, -0.05) is 30.3 Å². The maximum atomic E-state index is 11.3. The van der Waals surface area contributed by atoms with Crippen LogP contribution in [0.25, 0.3) is 0 Å². The summed E-state index contributed by atoms with van der Waals surface area (Å²) in [6, 6.07) is 16.5. The Kier molecular flexibility index (Phi) is 6.11. The van der Waals surface area contributed by atoms with Gasteiger partial charge in [-0.3, -0.25) is 0 Å². The van der Waals surface area contributed by atoms with Crippen molar-refractivity contribution in [3.8, 4) is 11.5 Å². The van der Waals surface area contributed by atoms with E-state index in [2.05, 4.69) is 35.1 Å². The molecule has 1 atom stereocenters. The smallest absolute Gasteiger partial charge is 0.208 e. The Morgan fingerprint density at radius 3 is 2.52 bits per heavy atom. The summed E-state index contributed by atoms with van der Waals surface area (Å²) in [7, 11) is -3.11. The maximum absolute atomic E-state index is 11.3. The number of nitrogens with one attached hydrogen (secondary N) is 1. The van der Waals surface area contributed by atoms with E-state index in [-0.39, 0.29) is 12.2 Å². The molecule has 156 valence electrons. The van der Waals surface area contributed by atoms with Gasteiger partial charge in [-0.15, -0.1) is 0 Å². The average molecular weight is 416 g/mol. The zero-order chi connectivity index (χ0) is 20.3. The predicted molar refractivity (Wildman–Crippen MR) is 114 cm³/mol. The first-order valence-electron chi connectivity index (χ1n) is 10.4. The first-order valence-corrected chi connectivity index (χ1v) is 12.3. The van der Waals surface area contributed by atoms with Crippen molar-refractivity contribution in [3.05, 3.63) is 59.7 Å². The van der Waals surface area contributed by atoms with E-state index in [1.165, 1.54) is 17.4 Å². The van der Waals surface area contributed by atoms with Crippen molar-refractivity contribution < 1.29 is 17.9 Å². The standard InChI is InChI=1S/C23H29NO4S/c1-29(25,26)24-16-17-7-10-20(11-8-17)27-21-12-14-23-19(15-21)9-13-22(28-23)18-5-3-2-4-6-18/h2-6,12,14-15,17,20,22,24H,7-11,13,16H2,1H3. The van der Waals surface area contributed by atoms with E-state index in [1.54, 1.807) is 0 Å². The van der Waals surface area contributed by atoms with Crippen LogP contribution in [-0.2, 0) is 16.4 Å². The molecule has 2 aliphatic rings. The maximum Gasteiger partial charge on any atom is 0.208 e. The van der Waals surface area contributed by atoms with Crippen LogP contribution in [0.15, 0.2) is 48.5 Å². The molecule has 4 rings (SSSR count). The second-order valence-electron chi connectivity index (χ2n) is 8.21. The van der Waals surface area contributed by atoms with Crippen LogP contribution in [-0.4, -0.2) is 27.3 Å². The highest BCUT2D eigenvalue weighted by Crippen LogP contribution is 2.37. The Morgan fingerprint density at radius 1 is 1.03 bits per heavy atom. The normalized spacial score (nSPS) is 24.4. The summed E-state index contributed by atoms with van der Waals surface area (Å²) in [5, 5.41) is 0. The van der Waals surface area contributed by atoms with E-state index >= 15 is 0 Å². The van der Waals surface area contributed by atoms with Gasteiger partial charge >= 0.3 is 0 Å². The largest absolute Gasteiger partial charge is 0.490 e. The molecule has 2 aromatic carbocycles. The Labute approximate surface area is 173 Å². The fourth-order valence-electron chi connectivity index (χ4n) is 4.26. The second-order valence-corrected chi connectivity index (χ2v) is 10.0. The average Bonchev–Trinajstić information content (AvgIpc) is 2.73. The minimum Gasteiger partial charge on any atom is -0.490 e. The van der Waals surface area contributed by atoms with Gasteiger partial charge in [0.2, 0.25) is 10.0 Å². The highest BCUT2D eigenvalue weighted by molar-refractivity contribution is 7.88. The van der Waals surface area contributed by atoms with E-state index in [0.29, 0.717) is 12.5 Å². The molecule has 0 bridgehead atoms. The summed E-state index contributed by atoms with van der Waals surface area (Å²) < 4.78 is 37.6. The molecule has 0 spiro atoms. The molecule has 1 aliphatic carbocycles. The molecule has 1 fully saturated rings. The van der Waals surface area contributed by atoms with Gasteiger partial charge in [0.25, 0.3) is 0 Å². The van der Waals surface area contributed by atoms with Gasteiger partial charge in [0.1, 0.15) is 17.6 Å². The van der Waals surface area contributed by atoms with Gasteiger partial charge in [-0.05, 0) is 73.8 Å². The minimum absolute atomic E-state index is 0.117. The van der Waals surface area contributed by atoms with E-state index < -0.39 is 10.0 Å². The molecule has 1 aliphatic heterocycles. The van der Waals surface area contributed by atoms with E-state index in [4.69, 9.17) is 9.47 Å². The molecule has 1 unspecified atom stereocenters. The summed E-state index contributed by atoms with van der Waals surface area (Å²) in [6.45, 7) is 0.532. The zero-order valence-electron chi connectivity index (χ0n) is 16.8. The lowest BCUT2D eigenvalue weighted by Gasteiger charge is -2.30. The second kappa shape index (κ2) is 8.76. The quantitative estimate of drug-likeness (QED) is 0.766. The molecule has 6 heteroatoms. The molecule has 0 radical (unpaired) electrons. The molecule has 0 saturated heterocycles. The number of fused-ring (bicyclic) bond motifs is 1. The topological polar surface area (TPSA) is 64.6 Å². The van der Waals surface area contributed by atoms with E-state index in [9.17, 15) is 8.42 Å². The number of hydrogen-bond donors (Lipinski definition) is 1. The molecule has 1 N–H and O–H groups in total. The molecule has 0 aromatic heterocycles. The minimum atomic E-state index is -3.11. The lowest BCUT2D eigenvalue weighted by molar-refractivity contribution is 0.131.